The summed E-state index contributed by atoms with van der Waals surface area (Å²) in [5.74, 6) is -1.01. The van der Waals surface area contributed by atoms with Gasteiger partial charge in [0, 0.05) is 45.3 Å². The van der Waals surface area contributed by atoms with Gasteiger partial charge in [0.1, 0.15) is 0 Å². The number of halogens is 2. The van der Waals surface area contributed by atoms with Gasteiger partial charge in [0.05, 0.1) is 0 Å². The Morgan fingerprint density at radius 1 is 1.07 bits per heavy atom. The maximum absolute atomic E-state index is 11.9. The van der Waals surface area contributed by atoms with Crippen LogP contribution < -0.4 is 5.32 Å². The first-order valence-corrected chi connectivity index (χ1v) is 9.41. The van der Waals surface area contributed by atoms with Crippen LogP contribution in [0.5, 0.6) is 0 Å². The van der Waals surface area contributed by atoms with Crippen molar-refractivity contribution in [3.63, 3.8) is 0 Å². The van der Waals surface area contributed by atoms with Gasteiger partial charge in [-0.25, -0.2) is 4.79 Å². The topological polar surface area (TPSA) is 71.2 Å². The van der Waals surface area contributed by atoms with E-state index in [4.69, 9.17) is 27.9 Å². The zero-order valence-corrected chi connectivity index (χ0v) is 16.4. The lowest BCUT2D eigenvalue weighted by atomic mass is 10.1. The van der Waals surface area contributed by atoms with Crippen molar-refractivity contribution in [2.24, 2.45) is 0 Å². The average molecular weight is 417 g/mol. The van der Waals surface area contributed by atoms with E-state index in [0.29, 0.717) is 28.6 Å². The van der Waals surface area contributed by atoms with Crippen molar-refractivity contribution in [1.29, 1.82) is 0 Å². The summed E-state index contributed by atoms with van der Waals surface area (Å²) in [7, 11) is 0. The predicted molar refractivity (Wildman–Crippen MR) is 111 cm³/mol. The van der Waals surface area contributed by atoms with Crippen LogP contribution in [-0.2, 0) is 20.7 Å². The van der Waals surface area contributed by atoms with E-state index >= 15 is 0 Å². The van der Waals surface area contributed by atoms with Crippen molar-refractivity contribution < 1.29 is 14.3 Å². The maximum atomic E-state index is 11.9. The van der Waals surface area contributed by atoms with E-state index in [9.17, 15) is 9.59 Å². The SMILES string of the molecule is O=C(COC(=O)/C=C/c1c(Cl)cccc1Cl)NCCc1c[nH]c2ccccc12. The maximum Gasteiger partial charge on any atom is 0.331 e. The number of carbonyl (C=O) groups excluding carboxylic acids is 2. The van der Waals surface area contributed by atoms with E-state index < -0.39 is 5.97 Å². The first-order valence-electron chi connectivity index (χ1n) is 8.65. The Balaban J connectivity index is 1.43. The molecule has 0 aliphatic carbocycles. The lowest BCUT2D eigenvalue weighted by Crippen LogP contribution is -2.30. The molecule has 0 saturated carbocycles. The van der Waals surface area contributed by atoms with Crippen LogP contribution in [0.25, 0.3) is 17.0 Å². The molecule has 0 aliphatic heterocycles. The second kappa shape index (κ2) is 9.44. The summed E-state index contributed by atoms with van der Waals surface area (Å²) >= 11 is 12.0. The predicted octanol–water partition coefficient (Wildman–Crippen LogP) is 4.39. The molecule has 5 nitrogen and oxygen atoms in total. The van der Waals surface area contributed by atoms with Crippen LogP contribution in [0.3, 0.4) is 0 Å². The highest BCUT2D eigenvalue weighted by Gasteiger charge is 2.07. The molecule has 0 saturated heterocycles. The summed E-state index contributed by atoms with van der Waals surface area (Å²) in [6.07, 6.45) is 5.25. The highest BCUT2D eigenvalue weighted by Crippen LogP contribution is 2.25. The van der Waals surface area contributed by atoms with Crippen LogP contribution in [0.1, 0.15) is 11.1 Å². The first kappa shape index (κ1) is 20.0. The van der Waals surface area contributed by atoms with Gasteiger partial charge in [-0.15, -0.1) is 0 Å². The lowest BCUT2D eigenvalue weighted by molar-refractivity contribution is -0.143. The van der Waals surface area contributed by atoms with Gasteiger partial charge in [0.25, 0.3) is 5.91 Å². The Hall–Kier alpha value is -2.76. The minimum atomic E-state index is -0.650. The number of esters is 1. The number of hydrogen-bond donors (Lipinski definition) is 2. The molecular formula is C21H18Cl2N2O3. The van der Waals surface area contributed by atoms with E-state index in [1.165, 1.54) is 12.2 Å². The molecule has 0 atom stereocenters. The fraction of sp³-hybridized carbons (Fsp3) is 0.143. The average Bonchev–Trinajstić information content (AvgIpc) is 3.09. The first-order chi connectivity index (χ1) is 13.5. The number of carbonyl (C=O) groups is 2. The Morgan fingerprint density at radius 3 is 2.61 bits per heavy atom. The number of ether oxygens (including phenoxy) is 1. The van der Waals surface area contributed by atoms with Gasteiger partial charge < -0.3 is 15.0 Å². The number of fused-ring (bicyclic) bond motifs is 1. The number of aromatic nitrogens is 1. The van der Waals surface area contributed by atoms with E-state index in [2.05, 4.69) is 10.3 Å². The summed E-state index contributed by atoms with van der Waals surface area (Å²) in [5.41, 5.74) is 2.70. The zero-order chi connectivity index (χ0) is 19.9. The molecule has 0 radical (unpaired) electrons. The fourth-order valence-electron chi connectivity index (χ4n) is 2.73. The highest BCUT2D eigenvalue weighted by atomic mass is 35.5. The molecule has 3 rings (SSSR count). The summed E-state index contributed by atoms with van der Waals surface area (Å²) in [5, 5.41) is 4.71. The van der Waals surface area contributed by atoms with Crippen LogP contribution in [0.2, 0.25) is 10.0 Å². The molecule has 144 valence electrons. The molecular weight excluding hydrogens is 399 g/mol. The molecule has 1 heterocycles. The molecule has 28 heavy (non-hydrogen) atoms. The number of para-hydroxylation sites is 1. The molecule has 3 aromatic rings. The monoisotopic (exact) mass is 416 g/mol. The van der Waals surface area contributed by atoms with Crippen molar-refractivity contribution >= 4 is 52.1 Å². The van der Waals surface area contributed by atoms with Gasteiger partial charge >= 0.3 is 5.97 Å². The molecule has 7 heteroatoms. The Bertz CT molecular complexity index is 1010. The van der Waals surface area contributed by atoms with Gasteiger partial charge in [-0.3, -0.25) is 4.79 Å². The number of H-pyrrole nitrogens is 1. The largest absolute Gasteiger partial charge is 0.452 e. The third-order valence-corrected chi connectivity index (χ3v) is 4.78. The third-order valence-electron chi connectivity index (χ3n) is 4.12. The quantitative estimate of drug-likeness (QED) is 0.443. The smallest absolute Gasteiger partial charge is 0.331 e. The van der Waals surface area contributed by atoms with Gasteiger partial charge in [-0.2, -0.15) is 0 Å². The molecule has 0 aliphatic rings. The molecule has 2 N–H and O–H groups in total. The van der Waals surface area contributed by atoms with Gasteiger partial charge in [0.2, 0.25) is 0 Å². The lowest BCUT2D eigenvalue weighted by Gasteiger charge is -2.05. The molecule has 1 amide bonds. The summed E-state index contributed by atoms with van der Waals surface area (Å²) < 4.78 is 4.93. The number of hydrogen-bond acceptors (Lipinski definition) is 3. The van der Waals surface area contributed by atoms with Crippen molar-refractivity contribution in [3.05, 3.63) is 75.9 Å². The number of benzene rings is 2. The van der Waals surface area contributed by atoms with Crippen LogP contribution >= 0.6 is 23.2 Å². The van der Waals surface area contributed by atoms with Gasteiger partial charge in [-0.1, -0.05) is 47.5 Å². The summed E-state index contributed by atoms with van der Waals surface area (Å²) in [6.45, 7) is 0.0939. The van der Waals surface area contributed by atoms with Gasteiger partial charge in [-0.05, 0) is 36.3 Å². The molecule has 0 bridgehead atoms. The van der Waals surface area contributed by atoms with Gasteiger partial charge in [0.15, 0.2) is 6.61 Å². The molecule has 0 spiro atoms. The number of nitrogens with one attached hydrogen (secondary N) is 2. The Kier molecular flexibility index (Phi) is 6.74. The van der Waals surface area contributed by atoms with E-state index in [0.717, 1.165) is 16.5 Å². The second-order valence-corrected chi connectivity index (χ2v) is 6.85. The second-order valence-electron chi connectivity index (χ2n) is 6.04. The van der Waals surface area contributed by atoms with Crippen molar-refractivity contribution in [2.45, 2.75) is 6.42 Å². The Morgan fingerprint density at radius 2 is 1.82 bits per heavy atom. The molecule has 0 unspecified atom stereocenters. The standard InChI is InChI=1S/C21H18Cl2N2O3/c22-17-5-3-6-18(23)16(17)8-9-21(27)28-13-20(26)24-11-10-14-12-25-19-7-2-1-4-15(14)19/h1-9,12,25H,10-11,13H2,(H,24,26)/b9-8+. The van der Waals surface area contributed by atoms with Crippen LogP contribution in [-0.4, -0.2) is 30.0 Å². The summed E-state index contributed by atoms with van der Waals surface area (Å²) in [4.78, 5) is 26.8. The third kappa shape index (κ3) is 5.15. The van der Waals surface area contributed by atoms with Crippen LogP contribution in [0.15, 0.2) is 54.7 Å². The van der Waals surface area contributed by atoms with Crippen molar-refractivity contribution in [3.8, 4) is 0 Å². The molecule has 0 fully saturated rings. The summed E-state index contributed by atoms with van der Waals surface area (Å²) in [6, 6.07) is 13.0. The minimum Gasteiger partial charge on any atom is -0.452 e. The highest BCUT2D eigenvalue weighted by molar-refractivity contribution is 6.37. The van der Waals surface area contributed by atoms with Crippen molar-refractivity contribution in [2.75, 3.05) is 13.2 Å². The number of aromatic amines is 1. The van der Waals surface area contributed by atoms with Crippen LogP contribution in [0.4, 0.5) is 0 Å². The molecule has 2 aromatic carbocycles. The van der Waals surface area contributed by atoms with E-state index in [1.807, 2.05) is 30.5 Å². The minimum absolute atomic E-state index is 0.354. The van der Waals surface area contributed by atoms with E-state index in [1.54, 1.807) is 18.2 Å². The number of rotatable bonds is 7. The Labute approximate surface area is 172 Å². The molecule has 1 aromatic heterocycles. The van der Waals surface area contributed by atoms with Crippen LogP contribution in [0, 0.1) is 0 Å². The number of amides is 1. The van der Waals surface area contributed by atoms with Crippen molar-refractivity contribution in [1.82, 2.24) is 10.3 Å². The normalized spacial score (nSPS) is 11.1. The van der Waals surface area contributed by atoms with E-state index in [-0.39, 0.29) is 12.5 Å². The zero-order valence-electron chi connectivity index (χ0n) is 14.9. The fourth-order valence-corrected chi connectivity index (χ4v) is 3.26.